The molecule has 0 bridgehead atoms. The van der Waals surface area contributed by atoms with Crippen molar-refractivity contribution in [2.75, 3.05) is 39.1 Å². The first-order valence-corrected chi connectivity index (χ1v) is 5.99. The van der Waals surface area contributed by atoms with E-state index in [0.29, 0.717) is 19.0 Å². The molecule has 0 saturated heterocycles. The van der Waals surface area contributed by atoms with E-state index in [1.165, 1.54) is 0 Å². The molecule has 0 aliphatic heterocycles. The van der Waals surface area contributed by atoms with Gasteiger partial charge >= 0.3 is 0 Å². The summed E-state index contributed by atoms with van der Waals surface area (Å²) in [7, 11) is 5.36. The van der Waals surface area contributed by atoms with Crippen LogP contribution >= 0.6 is 0 Å². The molecule has 0 aliphatic carbocycles. The minimum atomic E-state index is 0.0414. The number of nitrogens with zero attached hydrogens (tertiary/aromatic N) is 4. The van der Waals surface area contributed by atoms with Crippen LogP contribution in [-0.2, 0) is 11.3 Å². The van der Waals surface area contributed by atoms with E-state index in [-0.39, 0.29) is 5.91 Å². The molecule has 0 spiro atoms. The first kappa shape index (κ1) is 14.4. The van der Waals surface area contributed by atoms with Crippen molar-refractivity contribution in [3.05, 3.63) is 18.0 Å². The van der Waals surface area contributed by atoms with E-state index in [1.54, 1.807) is 31.4 Å². The second-order valence-electron chi connectivity index (χ2n) is 4.22. The fraction of sp³-hybridized carbons (Fsp3) is 0.583. The van der Waals surface area contributed by atoms with Crippen LogP contribution in [0.15, 0.2) is 12.4 Å². The maximum atomic E-state index is 11.7. The number of rotatable bonds is 6. The van der Waals surface area contributed by atoms with Gasteiger partial charge in [0, 0.05) is 45.1 Å². The molecule has 0 saturated carbocycles. The van der Waals surface area contributed by atoms with E-state index in [9.17, 15) is 4.79 Å². The van der Waals surface area contributed by atoms with Crippen molar-refractivity contribution in [3.63, 3.8) is 0 Å². The van der Waals surface area contributed by atoms with Crippen molar-refractivity contribution in [2.24, 2.45) is 0 Å². The number of aromatic nitrogens is 2. The Morgan fingerprint density at radius 3 is 2.39 bits per heavy atom. The molecule has 1 aromatic heterocycles. The van der Waals surface area contributed by atoms with E-state index in [0.717, 1.165) is 12.1 Å². The highest BCUT2D eigenvalue weighted by molar-refractivity contribution is 5.80. The Kier molecular flexibility index (Phi) is 5.51. The van der Waals surface area contributed by atoms with Crippen molar-refractivity contribution >= 4 is 11.9 Å². The van der Waals surface area contributed by atoms with E-state index in [1.807, 2.05) is 18.9 Å². The summed E-state index contributed by atoms with van der Waals surface area (Å²) in [6.07, 6.45) is 3.56. The van der Waals surface area contributed by atoms with Crippen molar-refractivity contribution in [3.8, 4) is 0 Å². The zero-order chi connectivity index (χ0) is 13.5. The summed E-state index contributed by atoms with van der Waals surface area (Å²) in [5.41, 5.74) is 1.02. The molecule has 1 aromatic rings. The van der Waals surface area contributed by atoms with Crippen LogP contribution in [0.1, 0.15) is 12.5 Å². The third-order valence-corrected chi connectivity index (χ3v) is 2.56. The lowest BCUT2D eigenvalue weighted by Gasteiger charge is -2.22. The molecule has 0 atom stereocenters. The second kappa shape index (κ2) is 6.90. The van der Waals surface area contributed by atoms with Crippen molar-refractivity contribution < 1.29 is 4.79 Å². The maximum absolute atomic E-state index is 11.7. The lowest BCUT2D eigenvalue weighted by molar-refractivity contribution is -0.127. The molecular formula is C12H21N5O. The number of nitrogens with one attached hydrogen (secondary N) is 1. The van der Waals surface area contributed by atoms with Gasteiger partial charge in [-0.3, -0.25) is 4.79 Å². The highest BCUT2D eigenvalue weighted by Crippen LogP contribution is 2.07. The summed E-state index contributed by atoms with van der Waals surface area (Å²) in [4.78, 5) is 23.7. The molecule has 6 heteroatoms. The van der Waals surface area contributed by atoms with Crippen LogP contribution in [0.5, 0.6) is 0 Å². The molecule has 1 N–H and O–H groups in total. The van der Waals surface area contributed by atoms with Gasteiger partial charge in [0.15, 0.2) is 0 Å². The Bertz CT molecular complexity index is 377. The van der Waals surface area contributed by atoms with Crippen LogP contribution in [0.4, 0.5) is 5.95 Å². The first-order chi connectivity index (χ1) is 8.58. The molecule has 0 radical (unpaired) electrons. The third-order valence-electron chi connectivity index (χ3n) is 2.56. The number of anilines is 1. The normalized spacial score (nSPS) is 10.2. The summed E-state index contributed by atoms with van der Waals surface area (Å²) in [5.74, 6) is 0.632. The number of likely N-dealkylation sites (N-methyl/N-ethyl adjacent to an activating group) is 2. The standard InChI is InChI=1S/C12H21N5O/c1-5-17(9-11(18)16(3)4)12-14-7-10(6-13-2)8-15-12/h7-8,13H,5-6,9H2,1-4H3. The van der Waals surface area contributed by atoms with E-state index >= 15 is 0 Å². The minimum Gasteiger partial charge on any atom is -0.347 e. The van der Waals surface area contributed by atoms with Gasteiger partial charge in [0.25, 0.3) is 0 Å². The van der Waals surface area contributed by atoms with Gasteiger partial charge in [0.2, 0.25) is 11.9 Å². The van der Waals surface area contributed by atoms with E-state index in [4.69, 9.17) is 0 Å². The lowest BCUT2D eigenvalue weighted by Crippen LogP contribution is -2.37. The van der Waals surface area contributed by atoms with Gasteiger partial charge in [-0.25, -0.2) is 9.97 Å². The Morgan fingerprint density at radius 2 is 1.94 bits per heavy atom. The van der Waals surface area contributed by atoms with Gasteiger partial charge in [-0.1, -0.05) is 0 Å². The molecule has 0 aromatic carbocycles. The molecule has 0 fully saturated rings. The predicted molar refractivity (Wildman–Crippen MR) is 71.4 cm³/mol. The zero-order valence-electron chi connectivity index (χ0n) is 11.5. The summed E-state index contributed by atoms with van der Waals surface area (Å²) >= 11 is 0. The molecule has 1 amide bonds. The average Bonchev–Trinajstić information content (AvgIpc) is 2.37. The molecule has 18 heavy (non-hydrogen) atoms. The quantitative estimate of drug-likeness (QED) is 0.777. The smallest absolute Gasteiger partial charge is 0.241 e. The largest absolute Gasteiger partial charge is 0.347 e. The van der Waals surface area contributed by atoms with Crippen LogP contribution in [0.2, 0.25) is 0 Å². The molecule has 1 heterocycles. The van der Waals surface area contributed by atoms with Gasteiger partial charge in [-0.15, -0.1) is 0 Å². The molecular weight excluding hydrogens is 230 g/mol. The van der Waals surface area contributed by atoms with Crippen molar-refractivity contribution in [1.29, 1.82) is 0 Å². The maximum Gasteiger partial charge on any atom is 0.241 e. The Labute approximate surface area is 108 Å². The van der Waals surface area contributed by atoms with Gasteiger partial charge in [-0.2, -0.15) is 0 Å². The van der Waals surface area contributed by atoms with Crippen molar-refractivity contribution in [2.45, 2.75) is 13.5 Å². The fourth-order valence-corrected chi connectivity index (χ4v) is 1.44. The van der Waals surface area contributed by atoms with Gasteiger partial charge in [0.05, 0.1) is 6.54 Å². The van der Waals surface area contributed by atoms with Gasteiger partial charge < -0.3 is 15.1 Å². The van der Waals surface area contributed by atoms with Crippen LogP contribution < -0.4 is 10.2 Å². The van der Waals surface area contributed by atoms with Crippen LogP contribution in [0.3, 0.4) is 0 Å². The summed E-state index contributed by atoms with van der Waals surface area (Å²) in [6.45, 7) is 3.72. The predicted octanol–water partition coefficient (Wildman–Crippen LogP) is 0.111. The van der Waals surface area contributed by atoms with E-state index < -0.39 is 0 Å². The lowest BCUT2D eigenvalue weighted by atomic mass is 10.3. The number of hydrogen-bond donors (Lipinski definition) is 1. The van der Waals surface area contributed by atoms with Crippen molar-refractivity contribution in [1.82, 2.24) is 20.2 Å². The number of amides is 1. The second-order valence-corrected chi connectivity index (χ2v) is 4.22. The zero-order valence-corrected chi connectivity index (χ0v) is 11.5. The van der Waals surface area contributed by atoms with E-state index in [2.05, 4.69) is 15.3 Å². The molecule has 0 aliphatic rings. The van der Waals surface area contributed by atoms with Gasteiger partial charge in [0.1, 0.15) is 0 Å². The molecule has 1 rings (SSSR count). The number of hydrogen-bond acceptors (Lipinski definition) is 5. The Balaban J connectivity index is 2.73. The molecule has 6 nitrogen and oxygen atoms in total. The third kappa shape index (κ3) is 3.96. The van der Waals surface area contributed by atoms with Crippen LogP contribution in [0, 0.1) is 0 Å². The monoisotopic (exact) mass is 251 g/mol. The summed E-state index contributed by atoms with van der Waals surface area (Å²) < 4.78 is 0. The highest BCUT2D eigenvalue weighted by Gasteiger charge is 2.13. The molecule has 0 unspecified atom stereocenters. The topological polar surface area (TPSA) is 61.4 Å². The number of carbonyl (C=O) groups is 1. The van der Waals surface area contributed by atoms with Gasteiger partial charge in [-0.05, 0) is 14.0 Å². The Morgan fingerprint density at radius 1 is 1.33 bits per heavy atom. The average molecular weight is 251 g/mol. The Hall–Kier alpha value is -1.69. The number of carbonyl (C=O) groups excluding carboxylic acids is 1. The highest BCUT2D eigenvalue weighted by atomic mass is 16.2. The molecule has 100 valence electrons. The minimum absolute atomic E-state index is 0.0414. The van der Waals surface area contributed by atoms with Crippen LogP contribution in [0.25, 0.3) is 0 Å². The first-order valence-electron chi connectivity index (χ1n) is 5.99. The fourth-order valence-electron chi connectivity index (χ4n) is 1.44. The summed E-state index contributed by atoms with van der Waals surface area (Å²) in [6, 6.07) is 0. The SMILES string of the molecule is CCN(CC(=O)N(C)C)c1ncc(CNC)cn1. The van der Waals surface area contributed by atoms with Crippen LogP contribution in [-0.4, -0.2) is 55.0 Å². The summed E-state index contributed by atoms with van der Waals surface area (Å²) in [5, 5.41) is 3.04.